The number of anilines is 1. The van der Waals surface area contributed by atoms with Gasteiger partial charge in [0.1, 0.15) is 12.4 Å². The maximum atomic E-state index is 13.6. The molecule has 2 rings (SSSR count). The molecule has 0 aromatic heterocycles. The predicted octanol–water partition coefficient (Wildman–Crippen LogP) is 1.99. The van der Waals surface area contributed by atoms with E-state index in [2.05, 4.69) is 15.9 Å². The lowest BCUT2D eigenvalue weighted by Crippen LogP contribution is -2.42. The van der Waals surface area contributed by atoms with Gasteiger partial charge in [0.2, 0.25) is 5.91 Å². The number of rotatable bonds is 4. The zero-order valence-corrected chi connectivity index (χ0v) is 13.2. The Bertz CT molecular complexity index is 629. The molecule has 112 valence electrons. The molecule has 1 heterocycles. The molecule has 0 unspecified atom stereocenters. The van der Waals surface area contributed by atoms with Crippen LogP contribution >= 0.6 is 15.9 Å². The molecule has 0 saturated carbocycles. The number of amides is 2. The van der Waals surface area contributed by atoms with Gasteiger partial charge in [-0.25, -0.2) is 4.39 Å². The number of ketones is 1. The second-order valence-electron chi connectivity index (χ2n) is 4.57. The summed E-state index contributed by atoms with van der Waals surface area (Å²) in [5.74, 6) is -2.39. The van der Waals surface area contributed by atoms with Crippen molar-refractivity contribution in [3.05, 3.63) is 28.0 Å². The Labute approximate surface area is 129 Å². The Morgan fingerprint density at radius 1 is 1.29 bits per heavy atom. The van der Waals surface area contributed by atoms with E-state index < -0.39 is 17.5 Å². The second kappa shape index (κ2) is 5.93. The molecular weight excluding hydrogens is 343 g/mol. The minimum atomic E-state index is -0.803. The third-order valence-corrected chi connectivity index (χ3v) is 4.03. The number of benzene rings is 1. The lowest BCUT2D eigenvalue weighted by atomic mass is 10.1. The van der Waals surface area contributed by atoms with Gasteiger partial charge in [-0.15, -0.1) is 0 Å². The van der Waals surface area contributed by atoms with Gasteiger partial charge in [0.25, 0.3) is 11.7 Å². The highest BCUT2D eigenvalue weighted by Crippen LogP contribution is 2.33. The quantitative estimate of drug-likeness (QED) is 0.775. The van der Waals surface area contributed by atoms with Crippen LogP contribution in [0.5, 0.6) is 0 Å². The van der Waals surface area contributed by atoms with Crippen LogP contribution in [-0.4, -0.2) is 42.1 Å². The fraction of sp³-hybridized carbons (Fsp3) is 0.357. The highest BCUT2D eigenvalue weighted by Gasteiger charge is 2.38. The molecule has 0 aliphatic carbocycles. The molecule has 1 aliphatic rings. The van der Waals surface area contributed by atoms with Crippen molar-refractivity contribution in [2.45, 2.75) is 13.8 Å². The van der Waals surface area contributed by atoms with Crippen molar-refractivity contribution in [1.82, 2.24) is 4.90 Å². The molecule has 0 atom stereocenters. The van der Waals surface area contributed by atoms with E-state index in [9.17, 15) is 18.8 Å². The minimum absolute atomic E-state index is 0.110. The zero-order valence-electron chi connectivity index (χ0n) is 11.7. The zero-order chi connectivity index (χ0) is 15.7. The van der Waals surface area contributed by atoms with Gasteiger partial charge in [0.05, 0.1) is 15.7 Å². The number of nitrogens with zero attached hydrogens (tertiary/aromatic N) is 2. The summed E-state index contributed by atoms with van der Waals surface area (Å²) in [5.41, 5.74) is 0.256. The number of carbonyl (C=O) groups is 3. The minimum Gasteiger partial charge on any atom is -0.342 e. The van der Waals surface area contributed by atoms with Crippen molar-refractivity contribution >= 4 is 39.2 Å². The highest BCUT2D eigenvalue weighted by atomic mass is 79.9. The summed E-state index contributed by atoms with van der Waals surface area (Å²) in [7, 11) is 0. The Balaban J connectivity index is 2.35. The number of hydrogen-bond acceptors (Lipinski definition) is 3. The normalized spacial score (nSPS) is 13.6. The molecule has 5 nitrogen and oxygen atoms in total. The fourth-order valence-electron chi connectivity index (χ4n) is 2.26. The Kier molecular flexibility index (Phi) is 4.41. The van der Waals surface area contributed by atoms with Gasteiger partial charge >= 0.3 is 0 Å². The maximum absolute atomic E-state index is 13.6. The van der Waals surface area contributed by atoms with E-state index in [1.54, 1.807) is 4.90 Å². The second-order valence-corrected chi connectivity index (χ2v) is 5.42. The van der Waals surface area contributed by atoms with Crippen LogP contribution in [0.3, 0.4) is 0 Å². The molecule has 7 heteroatoms. The molecular formula is C14H14BrFN2O3. The van der Waals surface area contributed by atoms with Crippen molar-refractivity contribution < 1.29 is 18.8 Å². The van der Waals surface area contributed by atoms with Crippen molar-refractivity contribution in [3.63, 3.8) is 0 Å². The Morgan fingerprint density at radius 3 is 2.48 bits per heavy atom. The first-order chi connectivity index (χ1) is 9.90. The van der Waals surface area contributed by atoms with Gasteiger partial charge < -0.3 is 4.90 Å². The van der Waals surface area contributed by atoms with E-state index in [-0.39, 0.29) is 28.2 Å². The summed E-state index contributed by atoms with van der Waals surface area (Å²) in [5, 5.41) is 0. The molecule has 21 heavy (non-hydrogen) atoms. The van der Waals surface area contributed by atoms with E-state index >= 15 is 0 Å². The lowest BCUT2D eigenvalue weighted by molar-refractivity contribution is -0.130. The summed E-state index contributed by atoms with van der Waals surface area (Å²) >= 11 is 2.98. The molecule has 1 aliphatic heterocycles. The highest BCUT2D eigenvalue weighted by molar-refractivity contribution is 9.10. The summed E-state index contributed by atoms with van der Waals surface area (Å²) in [6, 6.07) is 2.37. The average molecular weight is 357 g/mol. The third kappa shape index (κ3) is 2.70. The van der Waals surface area contributed by atoms with Crippen molar-refractivity contribution in [2.24, 2.45) is 0 Å². The number of hydrogen-bond donors (Lipinski definition) is 0. The van der Waals surface area contributed by atoms with Crippen LogP contribution in [0.2, 0.25) is 0 Å². The number of likely N-dealkylation sites (N-methyl/N-ethyl adjacent to an activating group) is 1. The van der Waals surface area contributed by atoms with E-state index in [1.165, 1.54) is 6.07 Å². The number of Topliss-reactive ketones (excluding diaryl/α,β-unsaturated/α-hetero) is 1. The number of carbonyl (C=O) groups excluding carboxylic acids is 3. The van der Waals surface area contributed by atoms with Gasteiger partial charge in [0, 0.05) is 13.1 Å². The van der Waals surface area contributed by atoms with Crippen LogP contribution in [0.15, 0.2) is 16.6 Å². The van der Waals surface area contributed by atoms with Crippen LogP contribution < -0.4 is 4.90 Å². The van der Waals surface area contributed by atoms with Crippen LogP contribution in [0.1, 0.15) is 24.2 Å². The first-order valence-corrected chi connectivity index (χ1v) is 7.33. The number of halogens is 2. The Morgan fingerprint density at radius 2 is 1.90 bits per heavy atom. The molecule has 0 bridgehead atoms. The van der Waals surface area contributed by atoms with Gasteiger partial charge in [-0.1, -0.05) is 0 Å². The monoisotopic (exact) mass is 356 g/mol. The first kappa shape index (κ1) is 15.6. The average Bonchev–Trinajstić information content (AvgIpc) is 2.66. The van der Waals surface area contributed by atoms with Gasteiger partial charge in [-0.3, -0.25) is 19.3 Å². The molecule has 1 aromatic carbocycles. The number of fused-ring (bicyclic) bond motifs is 1. The van der Waals surface area contributed by atoms with E-state index in [4.69, 9.17) is 0 Å². The van der Waals surface area contributed by atoms with E-state index in [0.717, 1.165) is 11.0 Å². The maximum Gasteiger partial charge on any atom is 0.299 e. The fourth-order valence-corrected chi connectivity index (χ4v) is 2.60. The van der Waals surface area contributed by atoms with Crippen molar-refractivity contribution in [1.29, 1.82) is 0 Å². The molecule has 0 fully saturated rings. The van der Waals surface area contributed by atoms with Crippen LogP contribution in [-0.2, 0) is 9.59 Å². The standard InChI is InChI=1S/C14H14BrFN2O3/c1-3-17(4-2)12(19)7-18-11-6-10(16)9(15)5-8(11)13(20)14(18)21/h5-6H,3-4,7H2,1-2H3. The Hall–Kier alpha value is -1.76. The van der Waals surface area contributed by atoms with Crippen LogP contribution in [0, 0.1) is 5.82 Å². The topological polar surface area (TPSA) is 57.7 Å². The summed E-state index contributed by atoms with van der Waals surface area (Å²) in [6.07, 6.45) is 0. The van der Waals surface area contributed by atoms with Gasteiger partial charge in [0.15, 0.2) is 0 Å². The molecule has 0 radical (unpaired) electrons. The molecule has 1 aromatic rings. The van der Waals surface area contributed by atoms with Gasteiger partial charge in [-0.05, 0) is 41.9 Å². The first-order valence-electron chi connectivity index (χ1n) is 6.53. The predicted molar refractivity (Wildman–Crippen MR) is 78.7 cm³/mol. The summed E-state index contributed by atoms with van der Waals surface area (Å²) < 4.78 is 13.7. The summed E-state index contributed by atoms with van der Waals surface area (Å²) in [4.78, 5) is 38.6. The lowest BCUT2D eigenvalue weighted by Gasteiger charge is -2.23. The molecule has 2 amide bonds. The van der Waals surface area contributed by atoms with Crippen LogP contribution in [0.4, 0.5) is 10.1 Å². The molecule has 0 N–H and O–H groups in total. The van der Waals surface area contributed by atoms with E-state index in [1.807, 2.05) is 13.8 Å². The largest absolute Gasteiger partial charge is 0.342 e. The third-order valence-electron chi connectivity index (χ3n) is 3.42. The molecule has 0 saturated heterocycles. The van der Waals surface area contributed by atoms with E-state index in [0.29, 0.717) is 13.1 Å². The summed E-state index contributed by atoms with van der Waals surface area (Å²) in [6.45, 7) is 4.40. The van der Waals surface area contributed by atoms with Gasteiger partial charge in [-0.2, -0.15) is 0 Å². The smallest absolute Gasteiger partial charge is 0.299 e. The van der Waals surface area contributed by atoms with Crippen molar-refractivity contribution in [2.75, 3.05) is 24.5 Å². The van der Waals surface area contributed by atoms with Crippen LogP contribution in [0.25, 0.3) is 0 Å². The molecule has 0 spiro atoms. The van der Waals surface area contributed by atoms with Crippen molar-refractivity contribution in [3.8, 4) is 0 Å². The SMILES string of the molecule is CCN(CC)C(=O)CN1C(=O)C(=O)c2cc(Br)c(F)cc21.